The number of benzene rings is 2. The number of nitrogens with zero attached hydrogens (tertiary/aromatic N) is 4. The average molecular weight is 362 g/mol. The molecule has 0 N–H and O–H groups in total. The summed E-state index contributed by atoms with van der Waals surface area (Å²) in [6.07, 6.45) is 1.58. The van der Waals surface area contributed by atoms with Gasteiger partial charge in [0, 0.05) is 43.4 Å². The van der Waals surface area contributed by atoms with Gasteiger partial charge in [0.15, 0.2) is 0 Å². The van der Waals surface area contributed by atoms with Gasteiger partial charge in [-0.2, -0.15) is 0 Å². The molecule has 0 atom stereocenters. The summed E-state index contributed by atoms with van der Waals surface area (Å²) in [4.78, 5) is 25.3. The van der Waals surface area contributed by atoms with Crippen LogP contribution in [0.3, 0.4) is 0 Å². The van der Waals surface area contributed by atoms with Crippen molar-refractivity contribution in [2.45, 2.75) is 0 Å². The van der Waals surface area contributed by atoms with Crippen LogP contribution in [-0.4, -0.2) is 47.0 Å². The van der Waals surface area contributed by atoms with E-state index in [0.29, 0.717) is 31.7 Å². The Morgan fingerprint density at radius 2 is 1.59 bits per heavy atom. The smallest absolute Gasteiger partial charge is 0.253 e. The molecule has 0 aliphatic carbocycles. The zero-order chi connectivity index (χ0) is 18.6. The number of rotatable bonds is 3. The van der Waals surface area contributed by atoms with Gasteiger partial charge in [0.05, 0.1) is 5.69 Å². The van der Waals surface area contributed by atoms with Gasteiger partial charge in [0.25, 0.3) is 5.91 Å². The fraction of sp³-hybridized carbons (Fsp3) is 0.190. The third kappa shape index (κ3) is 3.79. The van der Waals surface area contributed by atoms with E-state index in [-0.39, 0.29) is 11.7 Å². The lowest BCUT2D eigenvalue weighted by atomic mass is 10.1. The molecule has 136 valence electrons. The standard InChI is InChI=1S/C21H19FN4O/c22-18-8-6-17(7-9-18)21(27)26-12-10-25(11-13-26)20-14-19(23-15-24-20)16-4-2-1-3-5-16/h1-9,14-15H,10-13H2. The summed E-state index contributed by atoms with van der Waals surface area (Å²) in [5.74, 6) is 0.453. The maximum absolute atomic E-state index is 13.0. The number of amides is 1. The molecule has 0 spiro atoms. The van der Waals surface area contributed by atoms with Crippen LogP contribution in [0.2, 0.25) is 0 Å². The second-order valence-corrected chi connectivity index (χ2v) is 6.41. The van der Waals surface area contributed by atoms with Crippen molar-refractivity contribution in [3.05, 3.63) is 78.4 Å². The first-order valence-electron chi connectivity index (χ1n) is 8.88. The fourth-order valence-electron chi connectivity index (χ4n) is 3.20. The summed E-state index contributed by atoms with van der Waals surface area (Å²) in [6.45, 7) is 2.58. The molecular weight excluding hydrogens is 343 g/mol. The second-order valence-electron chi connectivity index (χ2n) is 6.41. The lowest BCUT2D eigenvalue weighted by Gasteiger charge is -2.35. The first-order chi connectivity index (χ1) is 13.2. The van der Waals surface area contributed by atoms with Gasteiger partial charge in [0.2, 0.25) is 0 Å². The number of carbonyl (C=O) groups excluding carboxylic acids is 1. The van der Waals surface area contributed by atoms with Gasteiger partial charge in [-0.15, -0.1) is 0 Å². The van der Waals surface area contributed by atoms with Crippen molar-refractivity contribution in [1.29, 1.82) is 0 Å². The highest BCUT2D eigenvalue weighted by Crippen LogP contribution is 2.21. The van der Waals surface area contributed by atoms with E-state index in [1.165, 1.54) is 24.3 Å². The molecule has 1 saturated heterocycles. The van der Waals surface area contributed by atoms with Crippen LogP contribution in [0.1, 0.15) is 10.4 Å². The molecule has 1 fully saturated rings. The highest BCUT2D eigenvalue weighted by Gasteiger charge is 2.23. The van der Waals surface area contributed by atoms with Gasteiger partial charge >= 0.3 is 0 Å². The van der Waals surface area contributed by atoms with E-state index in [2.05, 4.69) is 14.9 Å². The molecule has 0 bridgehead atoms. The molecule has 0 unspecified atom stereocenters. The van der Waals surface area contributed by atoms with Crippen molar-refractivity contribution < 1.29 is 9.18 Å². The summed E-state index contributed by atoms with van der Waals surface area (Å²) in [7, 11) is 0. The van der Waals surface area contributed by atoms with Crippen molar-refractivity contribution in [2.24, 2.45) is 0 Å². The molecule has 5 nitrogen and oxygen atoms in total. The number of hydrogen-bond donors (Lipinski definition) is 0. The number of hydrogen-bond acceptors (Lipinski definition) is 4. The van der Waals surface area contributed by atoms with Crippen molar-refractivity contribution in [1.82, 2.24) is 14.9 Å². The van der Waals surface area contributed by atoms with E-state index in [9.17, 15) is 9.18 Å². The predicted octanol–water partition coefficient (Wildman–Crippen LogP) is 3.25. The van der Waals surface area contributed by atoms with E-state index >= 15 is 0 Å². The van der Waals surface area contributed by atoms with Gasteiger partial charge in [-0.3, -0.25) is 4.79 Å². The average Bonchev–Trinajstić information content (AvgIpc) is 2.75. The van der Waals surface area contributed by atoms with Gasteiger partial charge in [-0.05, 0) is 24.3 Å². The molecule has 4 rings (SSSR count). The van der Waals surface area contributed by atoms with Crippen LogP contribution in [0.5, 0.6) is 0 Å². The highest BCUT2D eigenvalue weighted by molar-refractivity contribution is 5.94. The summed E-state index contributed by atoms with van der Waals surface area (Å²) < 4.78 is 13.0. The highest BCUT2D eigenvalue weighted by atomic mass is 19.1. The third-order valence-corrected chi connectivity index (χ3v) is 4.70. The normalized spacial score (nSPS) is 14.3. The maximum Gasteiger partial charge on any atom is 0.253 e. The number of halogens is 1. The van der Waals surface area contributed by atoms with E-state index < -0.39 is 0 Å². The molecule has 1 aromatic heterocycles. The molecule has 0 saturated carbocycles. The lowest BCUT2D eigenvalue weighted by Crippen LogP contribution is -2.49. The molecule has 1 aliphatic rings. The van der Waals surface area contributed by atoms with Gasteiger partial charge in [-0.25, -0.2) is 14.4 Å². The van der Waals surface area contributed by atoms with Crippen LogP contribution >= 0.6 is 0 Å². The molecule has 1 amide bonds. The monoisotopic (exact) mass is 362 g/mol. The summed E-state index contributed by atoms with van der Waals surface area (Å²) >= 11 is 0. The number of aromatic nitrogens is 2. The Labute approximate surface area is 157 Å². The zero-order valence-corrected chi connectivity index (χ0v) is 14.8. The topological polar surface area (TPSA) is 49.3 Å². The minimum atomic E-state index is -0.339. The molecule has 27 heavy (non-hydrogen) atoms. The predicted molar refractivity (Wildman–Crippen MR) is 102 cm³/mol. The van der Waals surface area contributed by atoms with E-state index in [1.807, 2.05) is 36.4 Å². The van der Waals surface area contributed by atoms with Crippen LogP contribution in [0.4, 0.5) is 10.2 Å². The Balaban J connectivity index is 1.43. The van der Waals surface area contributed by atoms with Crippen LogP contribution < -0.4 is 4.90 Å². The van der Waals surface area contributed by atoms with Crippen molar-refractivity contribution in [2.75, 3.05) is 31.1 Å². The molecule has 0 radical (unpaired) electrons. The zero-order valence-electron chi connectivity index (χ0n) is 14.8. The Morgan fingerprint density at radius 3 is 2.30 bits per heavy atom. The third-order valence-electron chi connectivity index (χ3n) is 4.70. The van der Waals surface area contributed by atoms with Gasteiger partial charge < -0.3 is 9.80 Å². The van der Waals surface area contributed by atoms with E-state index in [0.717, 1.165) is 17.1 Å². The van der Waals surface area contributed by atoms with Crippen LogP contribution in [0.25, 0.3) is 11.3 Å². The minimum absolute atomic E-state index is 0.0673. The Kier molecular flexibility index (Phi) is 4.78. The van der Waals surface area contributed by atoms with Crippen LogP contribution in [-0.2, 0) is 0 Å². The summed E-state index contributed by atoms with van der Waals surface area (Å²) in [5.41, 5.74) is 2.44. The molecule has 6 heteroatoms. The van der Waals surface area contributed by atoms with Crippen molar-refractivity contribution >= 4 is 11.7 Å². The lowest BCUT2D eigenvalue weighted by molar-refractivity contribution is 0.0746. The van der Waals surface area contributed by atoms with Crippen LogP contribution in [0.15, 0.2) is 67.0 Å². The summed E-state index contributed by atoms with van der Waals surface area (Å²) in [6, 6.07) is 17.6. The SMILES string of the molecule is O=C(c1ccc(F)cc1)N1CCN(c2cc(-c3ccccc3)ncn2)CC1. The quantitative estimate of drug-likeness (QED) is 0.718. The fourth-order valence-corrected chi connectivity index (χ4v) is 3.20. The van der Waals surface area contributed by atoms with Crippen LogP contribution in [0, 0.1) is 5.82 Å². The van der Waals surface area contributed by atoms with Gasteiger partial charge in [0.1, 0.15) is 18.0 Å². The van der Waals surface area contributed by atoms with E-state index in [1.54, 1.807) is 11.2 Å². The first kappa shape index (κ1) is 17.1. The van der Waals surface area contributed by atoms with Crippen molar-refractivity contribution in [3.8, 4) is 11.3 Å². The van der Waals surface area contributed by atoms with Crippen molar-refractivity contribution in [3.63, 3.8) is 0 Å². The Bertz CT molecular complexity index is 922. The molecule has 1 aliphatic heterocycles. The second kappa shape index (κ2) is 7.53. The number of carbonyl (C=O) groups is 1. The summed E-state index contributed by atoms with van der Waals surface area (Å²) in [5, 5.41) is 0. The molecule has 3 aromatic rings. The number of anilines is 1. The van der Waals surface area contributed by atoms with Gasteiger partial charge in [-0.1, -0.05) is 30.3 Å². The molecule has 2 heterocycles. The first-order valence-corrected chi connectivity index (χ1v) is 8.88. The molecule has 2 aromatic carbocycles. The largest absolute Gasteiger partial charge is 0.353 e. The number of piperazine rings is 1. The maximum atomic E-state index is 13.0. The minimum Gasteiger partial charge on any atom is -0.353 e. The Hall–Kier alpha value is -3.28. The Morgan fingerprint density at radius 1 is 0.889 bits per heavy atom. The molecular formula is C21H19FN4O. The van der Waals surface area contributed by atoms with E-state index in [4.69, 9.17) is 0 Å².